The van der Waals surface area contributed by atoms with Gasteiger partial charge in [-0.05, 0) is 18.5 Å². The number of carbonyl (C=O) groups excluding carboxylic acids is 1. The number of amides is 1. The van der Waals surface area contributed by atoms with Crippen LogP contribution < -0.4 is 0 Å². The lowest BCUT2D eigenvalue weighted by atomic mass is 10.3. The van der Waals surface area contributed by atoms with Crippen LogP contribution in [0.15, 0.2) is 11.6 Å². The first-order valence-corrected chi connectivity index (χ1v) is 3.33. The van der Waals surface area contributed by atoms with E-state index in [0.29, 0.717) is 13.2 Å². The Morgan fingerprint density at radius 1 is 1.90 bits per heavy atom. The van der Waals surface area contributed by atoms with E-state index in [1.807, 2.05) is 13.0 Å². The predicted octanol–water partition coefficient (Wildman–Crippen LogP) is 1.54. The average molecular weight is 162 g/mol. The van der Waals surface area contributed by atoms with Gasteiger partial charge in [-0.2, -0.15) is 0 Å². The van der Waals surface area contributed by atoms with Crippen molar-refractivity contribution in [2.24, 2.45) is 0 Å². The summed E-state index contributed by atoms with van der Waals surface area (Å²) in [5.41, 5.74) is 1.10. The number of nitrogens with zero attached hydrogens (tertiary/aromatic N) is 1. The molecule has 1 heterocycles. The standard InChI is InChI=1S/C6H8ClNO2/c1-5-2-3-10-8(4-5)6(7)9/h2H,3-4H2,1H3. The molecule has 0 fully saturated rings. The van der Waals surface area contributed by atoms with Gasteiger partial charge in [0.25, 0.3) is 0 Å². The molecule has 10 heavy (non-hydrogen) atoms. The van der Waals surface area contributed by atoms with Crippen LogP contribution in [0.3, 0.4) is 0 Å². The molecule has 0 atom stereocenters. The Morgan fingerprint density at radius 3 is 3.00 bits per heavy atom. The normalized spacial score (nSPS) is 18.6. The first-order valence-electron chi connectivity index (χ1n) is 2.95. The third-order valence-electron chi connectivity index (χ3n) is 1.25. The lowest BCUT2D eigenvalue weighted by Crippen LogP contribution is -2.31. The van der Waals surface area contributed by atoms with Crippen LogP contribution >= 0.6 is 11.6 Å². The van der Waals surface area contributed by atoms with Gasteiger partial charge >= 0.3 is 5.37 Å². The molecule has 0 aliphatic carbocycles. The fourth-order valence-electron chi connectivity index (χ4n) is 0.719. The number of rotatable bonds is 0. The summed E-state index contributed by atoms with van der Waals surface area (Å²) in [5.74, 6) is 0. The van der Waals surface area contributed by atoms with Crippen molar-refractivity contribution in [1.82, 2.24) is 5.06 Å². The highest BCUT2D eigenvalue weighted by molar-refractivity contribution is 6.62. The van der Waals surface area contributed by atoms with Crippen LogP contribution in [0.1, 0.15) is 6.92 Å². The smallest absolute Gasteiger partial charge is 0.265 e. The van der Waals surface area contributed by atoms with Crippen LogP contribution in [-0.2, 0) is 4.84 Å². The quantitative estimate of drug-likeness (QED) is 0.306. The second-order valence-electron chi connectivity index (χ2n) is 2.14. The van der Waals surface area contributed by atoms with Gasteiger partial charge in [0.2, 0.25) is 0 Å². The summed E-state index contributed by atoms with van der Waals surface area (Å²) in [6, 6.07) is 0. The molecule has 56 valence electrons. The van der Waals surface area contributed by atoms with E-state index in [2.05, 4.69) is 0 Å². The highest BCUT2D eigenvalue weighted by Crippen LogP contribution is 2.08. The molecule has 4 heteroatoms. The van der Waals surface area contributed by atoms with E-state index in [4.69, 9.17) is 16.4 Å². The van der Waals surface area contributed by atoms with Crippen LogP contribution in [-0.4, -0.2) is 23.6 Å². The van der Waals surface area contributed by atoms with Crippen LogP contribution in [0.5, 0.6) is 0 Å². The predicted molar refractivity (Wildman–Crippen MR) is 37.7 cm³/mol. The molecule has 1 aliphatic heterocycles. The van der Waals surface area contributed by atoms with Crippen molar-refractivity contribution in [2.45, 2.75) is 6.92 Å². The first kappa shape index (κ1) is 7.57. The molecular formula is C6H8ClNO2. The summed E-state index contributed by atoms with van der Waals surface area (Å²) < 4.78 is 0. The Kier molecular flexibility index (Phi) is 2.29. The van der Waals surface area contributed by atoms with Crippen LogP contribution in [0.2, 0.25) is 0 Å². The summed E-state index contributed by atoms with van der Waals surface area (Å²) in [6.45, 7) is 2.84. The van der Waals surface area contributed by atoms with Gasteiger partial charge in [0, 0.05) is 0 Å². The minimum Gasteiger partial charge on any atom is -0.265 e. The maximum absolute atomic E-state index is 10.5. The number of hydroxylamine groups is 2. The molecular weight excluding hydrogens is 154 g/mol. The molecule has 0 radical (unpaired) electrons. The highest BCUT2D eigenvalue weighted by atomic mass is 35.5. The van der Waals surface area contributed by atoms with Gasteiger partial charge in [0.05, 0.1) is 13.2 Å². The topological polar surface area (TPSA) is 29.5 Å². The Bertz CT molecular complexity index is 179. The lowest BCUT2D eigenvalue weighted by Gasteiger charge is -2.22. The lowest BCUT2D eigenvalue weighted by molar-refractivity contribution is -0.0977. The molecule has 0 N–H and O–H groups in total. The zero-order chi connectivity index (χ0) is 7.56. The monoisotopic (exact) mass is 161 g/mol. The molecule has 1 rings (SSSR count). The minimum atomic E-state index is -0.563. The largest absolute Gasteiger partial charge is 0.340 e. The second-order valence-corrected chi connectivity index (χ2v) is 2.46. The minimum absolute atomic E-state index is 0.435. The van der Waals surface area contributed by atoms with E-state index in [1.165, 1.54) is 0 Å². The number of carbonyl (C=O) groups is 1. The van der Waals surface area contributed by atoms with Crippen molar-refractivity contribution in [2.75, 3.05) is 13.2 Å². The highest BCUT2D eigenvalue weighted by Gasteiger charge is 2.14. The number of halogens is 1. The fourth-order valence-corrected chi connectivity index (χ4v) is 0.828. The van der Waals surface area contributed by atoms with Gasteiger partial charge in [-0.1, -0.05) is 11.6 Å². The molecule has 0 aromatic rings. The first-order chi connectivity index (χ1) is 4.70. The summed E-state index contributed by atoms with van der Waals surface area (Å²) in [6.07, 6.45) is 1.91. The number of hydrogen-bond acceptors (Lipinski definition) is 2. The van der Waals surface area contributed by atoms with E-state index in [9.17, 15) is 4.79 Å². The summed E-state index contributed by atoms with van der Waals surface area (Å²) in [4.78, 5) is 15.4. The van der Waals surface area contributed by atoms with Crippen LogP contribution in [0.4, 0.5) is 4.79 Å². The van der Waals surface area contributed by atoms with Crippen molar-refractivity contribution >= 4 is 17.0 Å². The van der Waals surface area contributed by atoms with Gasteiger partial charge in [-0.25, -0.2) is 5.06 Å². The molecule has 3 nitrogen and oxygen atoms in total. The van der Waals surface area contributed by atoms with Gasteiger partial charge in [0.15, 0.2) is 0 Å². The molecule has 0 bridgehead atoms. The Balaban J connectivity index is 2.53. The van der Waals surface area contributed by atoms with Crippen molar-refractivity contribution in [1.29, 1.82) is 0 Å². The molecule has 0 saturated heterocycles. The van der Waals surface area contributed by atoms with Crippen molar-refractivity contribution in [3.05, 3.63) is 11.6 Å². The molecule has 0 aromatic carbocycles. The van der Waals surface area contributed by atoms with Crippen LogP contribution in [0, 0.1) is 0 Å². The molecule has 1 amide bonds. The molecule has 0 saturated carbocycles. The average Bonchev–Trinajstić information content (AvgIpc) is 1.88. The van der Waals surface area contributed by atoms with Crippen molar-refractivity contribution in [3.63, 3.8) is 0 Å². The SMILES string of the molecule is CC1=CCON(C(=O)Cl)C1. The number of hydrogen-bond donors (Lipinski definition) is 0. The van der Waals surface area contributed by atoms with E-state index >= 15 is 0 Å². The van der Waals surface area contributed by atoms with E-state index < -0.39 is 5.37 Å². The van der Waals surface area contributed by atoms with Gasteiger partial charge < -0.3 is 0 Å². The van der Waals surface area contributed by atoms with E-state index in [-0.39, 0.29) is 0 Å². The van der Waals surface area contributed by atoms with E-state index in [0.717, 1.165) is 10.6 Å². The van der Waals surface area contributed by atoms with Gasteiger partial charge in [-0.3, -0.25) is 9.63 Å². The maximum atomic E-state index is 10.5. The Morgan fingerprint density at radius 2 is 2.60 bits per heavy atom. The Labute approximate surface area is 64.2 Å². The molecule has 0 aromatic heterocycles. The summed E-state index contributed by atoms with van der Waals surface area (Å²) >= 11 is 5.16. The van der Waals surface area contributed by atoms with E-state index in [1.54, 1.807) is 0 Å². The fraction of sp³-hybridized carbons (Fsp3) is 0.500. The summed E-state index contributed by atoms with van der Waals surface area (Å²) in [7, 11) is 0. The summed E-state index contributed by atoms with van der Waals surface area (Å²) in [5, 5.41) is 0.573. The van der Waals surface area contributed by atoms with Gasteiger partial charge in [0.1, 0.15) is 0 Å². The van der Waals surface area contributed by atoms with Crippen molar-refractivity contribution in [3.8, 4) is 0 Å². The zero-order valence-corrected chi connectivity index (χ0v) is 6.39. The molecule has 0 spiro atoms. The third-order valence-corrected chi connectivity index (χ3v) is 1.44. The molecule has 1 aliphatic rings. The maximum Gasteiger partial charge on any atom is 0.340 e. The second kappa shape index (κ2) is 3.03. The Hall–Kier alpha value is -0.540. The third kappa shape index (κ3) is 1.72. The van der Waals surface area contributed by atoms with Crippen LogP contribution in [0.25, 0.3) is 0 Å². The van der Waals surface area contributed by atoms with Gasteiger partial charge in [-0.15, -0.1) is 0 Å². The molecule has 0 unspecified atom stereocenters. The van der Waals surface area contributed by atoms with Crippen molar-refractivity contribution < 1.29 is 9.63 Å². The zero-order valence-electron chi connectivity index (χ0n) is 5.63.